The van der Waals surface area contributed by atoms with Crippen LogP contribution in [0, 0.1) is 0 Å². The Hall–Kier alpha value is -0.200. The van der Waals surface area contributed by atoms with Crippen LogP contribution in [0.4, 0.5) is 0 Å². The molecule has 0 aromatic carbocycles. The van der Waals surface area contributed by atoms with Crippen LogP contribution < -0.4 is 4.72 Å². The fourth-order valence-corrected chi connectivity index (χ4v) is 2.73. The first-order valence-electron chi connectivity index (χ1n) is 5.86. The number of aliphatic hydroxyl groups is 1. The zero-order valence-electron chi connectivity index (χ0n) is 11.1. The molecular weight excluding hydrogens is 307 g/mol. The zero-order valence-corrected chi connectivity index (χ0v) is 13.4. The first-order chi connectivity index (χ1) is 8.75. The number of aromatic nitrogens is 1. The summed E-state index contributed by atoms with van der Waals surface area (Å²) in [5.74, 6) is 0. The highest BCUT2D eigenvalue weighted by Gasteiger charge is 2.24. The van der Waals surface area contributed by atoms with E-state index in [1.54, 1.807) is 12.1 Å². The molecule has 0 fully saturated rings. The van der Waals surface area contributed by atoms with Crippen molar-refractivity contribution >= 4 is 34.2 Å². The highest BCUT2D eigenvalue weighted by molar-refractivity contribution is 7.84. The maximum absolute atomic E-state index is 12.1. The Kier molecular flexibility index (Phi) is 6.20. The number of hydrogen-bond acceptors (Lipinski definition) is 3. The molecule has 0 radical (unpaired) electrons. The Balaban J connectivity index is 2.97. The van der Waals surface area contributed by atoms with Crippen LogP contribution in [0.2, 0.25) is 10.3 Å². The van der Waals surface area contributed by atoms with Crippen LogP contribution in [0.3, 0.4) is 0 Å². The van der Waals surface area contributed by atoms with Gasteiger partial charge in [-0.1, -0.05) is 29.3 Å². The van der Waals surface area contributed by atoms with E-state index in [-0.39, 0.29) is 17.8 Å². The molecule has 0 aliphatic heterocycles. The molecular formula is C12H18Cl2N2O2S. The van der Waals surface area contributed by atoms with Crippen molar-refractivity contribution in [3.63, 3.8) is 0 Å². The predicted molar refractivity (Wildman–Crippen MR) is 79.7 cm³/mol. The van der Waals surface area contributed by atoms with Crippen molar-refractivity contribution < 1.29 is 9.32 Å². The summed E-state index contributed by atoms with van der Waals surface area (Å²) < 4.78 is 14.7. The van der Waals surface area contributed by atoms with E-state index in [0.717, 1.165) is 0 Å². The van der Waals surface area contributed by atoms with Crippen molar-refractivity contribution in [2.75, 3.05) is 6.61 Å². The zero-order chi connectivity index (χ0) is 14.6. The molecule has 0 spiro atoms. The van der Waals surface area contributed by atoms with Crippen LogP contribution in [0.25, 0.3) is 0 Å². The molecule has 2 unspecified atom stereocenters. The number of hydrogen-bond donors (Lipinski definition) is 2. The third-order valence-corrected chi connectivity index (χ3v) is 4.57. The lowest BCUT2D eigenvalue weighted by Crippen LogP contribution is -2.36. The summed E-state index contributed by atoms with van der Waals surface area (Å²) in [6, 6.07) is 3.02. The number of nitrogens with one attached hydrogen (secondary N) is 1. The topological polar surface area (TPSA) is 62.2 Å². The Bertz CT molecular complexity index is 464. The minimum Gasteiger partial charge on any atom is -0.396 e. The maximum Gasteiger partial charge on any atom is 0.135 e. The lowest BCUT2D eigenvalue weighted by molar-refractivity contribution is 0.273. The summed E-state index contributed by atoms with van der Waals surface area (Å²) in [5, 5.41) is 9.68. The summed E-state index contributed by atoms with van der Waals surface area (Å²) in [6.07, 6.45) is 0.394. The standard InChI is InChI=1S/C12H18Cl2N2O2S/c1-12(2,3)19(18)16-9(6-7-17)8-4-5-10(13)15-11(8)14/h4-5,9,16-17H,6-7H2,1-3H3. The van der Waals surface area contributed by atoms with Crippen LogP contribution in [0.15, 0.2) is 12.1 Å². The second kappa shape index (κ2) is 6.99. The largest absolute Gasteiger partial charge is 0.396 e. The van der Waals surface area contributed by atoms with Gasteiger partial charge in [0.25, 0.3) is 0 Å². The van der Waals surface area contributed by atoms with Crippen molar-refractivity contribution in [1.29, 1.82) is 0 Å². The first-order valence-corrected chi connectivity index (χ1v) is 7.77. The molecule has 0 saturated carbocycles. The van der Waals surface area contributed by atoms with Crippen LogP contribution in [0.5, 0.6) is 0 Å². The molecule has 1 heterocycles. The van der Waals surface area contributed by atoms with Gasteiger partial charge in [-0.25, -0.2) is 13.9 Å². The third-order valence-electron chi connectivity index (χ3n) is 2.44. The minimum absolute atomic E-state index is 0.0437. The summed E-state index contributed by atoms with van der Waals surface area (Å²) in [7, 11) is -1.26. The molecule has 0 saturated heterocycles. The van der Waals surface area contributed by atoms with Gasteiger partial charge < -0.3 is 5.11 Å². The Labute approximate surface area is 126 Å². The average Bonchev–Trinajstić information content (AvgIpc) is 2.27. The Morgan fingerprint density at radius 1 is 1.42 bits per heavy atom. The summed E-state index contributed by atoms with van der Waals surface area (Å²) in [6.45, 7) is 5.56. The van der Waals surface area contributed by atoms with E-state index in [1.807, 2.05) is 20.8 Å². The van der Waals surface area contributed by atoms with Gasteiger partial charge in [0.15, 0.2) is 0 Å². The molecule has 0 aliphatic carbocycles. The van der Waals surface area contributed by atoms with E-state index < -0.39 is 15.7 Å². The molecule has 0 amide bonds. The van der Waals surface area contributed by atoms with E-state index >= 15 is 0 Å². The maximum atomic E-state index is 12.1. The first kappa shape index (κ1) is 16.9. The Morgan fingerprint density at radius 3 is 2.53 bits per heavy atom. The van der Waals surface area contributed by atoms with Crippen LogP contribution in [0.1, 0.15) is 38.8 Å². The normalized spacial score (nSPS) is 15.3. The SMILES string of the molecule is CC(C)(C)S(=O)NC(CCO)c1ccc(Cl)nc1Cl. The second-order valence-electron chi connectivity index (χ2n) is 5.08. The van der Waals surface area contributed by atoms with Gasteiger partial charge in [-0.3, -0.25) is 0 Å². The van der Waals surface area contributed by atoms with Gasteiger partial charge in [0, 0.05) is 18.2 Å². The molecule has 19 heavy (non-hydrogen) atoms. The van der Waals surface area contributed by atoms with Crippen molar-refractivity contribution in [3.05, 3.63) is 28.0 Å². The van der Waals surface area contributed by atoms with Crippen LogP contribution in [-0.2, 0) is 11.0 Å². The molecule has 0 aliphatic rings. The van der Waals surface area contributed by atoms with Gasteiger partial charge in [0.1, 0.15) is 10.3 Å². The second-order valence-corrected chi connectivity index (χ2v) is 7.82. The third kappa shape index (κ3) is 5.00. The van der Waals surface area contributed by atoms with Gasteiger partial charge in [-0.15, -0.1) is 0 Å². The number of nitrogens with zero attached hydrogens (tertiary/aromatic N) is 1. The number of aliphatic hydroxyl groups excluding tert-OH is 1. The van der Waals surface area contributed by atoms with Crippen molar-refractivity contribution in [2.24, 2.45) is 0 Å². The molecule has 0 bridgehead atoms. The van der Waals surface area contributed by atoms with Crippen LogP contribution in [-0.4, -0.2) is 25.7 Å². The average molecular weight is 325 g/mol. The van der Waals surface area contributed by atoms with Gasteiger partial charge in [0.05, 0.1) is 15.7 Å². The van der Waals surface area contributed by atoms with Gasteiger partial charge >= 0.3 is 0 Å². The van der Waals surface area contributed by atoms with Crippen molar-refractivity contribution in [3.8, 4) is 0 Å². The summed E-state index contributed by atoms with van der Waals surface area (Å²) in [5.41, 5.74) is 0.678. The smallest absolute Gasteiger partial charge is 0.135 e. The van der Waals surface area contributed by atoms with E-state index in [0.29, 0.717) is 17.1 Å². The van der Waals surface area contributed by atoms with Crippen molar-refractivity contribution in [1.82, 2.24) is 9.71 Å². The fourth-order valence-electron chi connectivity index (χ4n) is 1.40. The molecule has 108 valence electrons. The van der Waals surface area contributed by atoms with Gasteiger partial charge in [-0.2, -0.15) is 0 Å². The van der Waals surface area contributed by atoms with E-state index in [4.69, 9.17) is 28.3 Å². The monoisotopic (exact) mass is 324 g/mol. The van der Waals surface area contributed by atoms with Crippen LogP contribution >= 0.6 is 23.2 Å². The van der Waals surface area contributed by atoms with E-state index in [1.165, 1.54) is 0 Å². The van der Waals surface area contributed by atoms with Gasteiger partial charge in [-0.05, 0) is 33.3 Å². The van der Waals surface area contributed by atoms with Gasteiger partial charge in [0.2, 0.25) is 0 Å². The fraction of sp³-hybridized carbons (Fsp3) is 0.583. The molecule has 2 N–H and O–H groups in total. The molecule has 1 aromatic heterocycles. The molecule has 4 nitrogen and oxygen atoms in total. The minimum atomic E-state index is -1.26. The highest BCUT2D eigenvalue weighted by Crippen LogP contribution is 2.26. The number of pyridine rings is 1. The molecule has 1 aromatic rings. The van der Waals surface area contributed by atoms with E-state index in [9.17, 15) is 4.21 Å². The lowest BCUT2D eigenvalue weighted by atomic mass is 10.1. The highest BCUT2D eigenvalue weighted by atomic mass is 35.5. The number of halogens is 2. The van der Waals surface area contributed by atoms with E-state index in [2.05, 4.69) is 9.71 Å². The molecule has 1 rings (SSSR count). The molecule has 2 atom stereocenters. The lowest BCUT2D eigenvalue weighted by Gasteiger charge is -2.24. The van der Waals surface area contributed by atoms with Crippen molar-refractivity contribution in [2.45, 2.75) is 38.0 Å². The summed E-state index contributed by atoms with van der Waals surface area (Å²) >= 11 is 11.8. The Morgan fingerprint density at radius 2 is 2.05 bits per heavy atom. The molecule has 7 heteroatoms. The number of rotatable bonds is 5. The quantitative estimate of drug-likeness (QED) is 0.818. The predicted octanol–water partition coefficient (Wildman–Crippen LogP) is 2.86. The summed E-state index contributed by atoms with van der Waals surface area (Å²) in [4.78, 5) is 3.96.